The van der Waals surface area contributed by atoms with E-state index >= 15 is 0 Å². The van der Waals surface area contributed by atoms with Crippen molar-refractivity contribution >= 4 is 21.7 Å². The number of hydrogen-bond acceptors (Lipinski definition) is 1. The fourth-order valence-corrected chi connectivity index (χ4v) is 4.90. The molecule has 0 atom stereocenters. The lowest BCUT2D eigenvalue weighted by atomic mass is 10.00. The van der Waals surface area contributed by atoms with E-state index in [1.165, 1.54) is 55.6 Å². The minimum Gasteiger partial charge on any atom is -0.199 e. The van der Waals surface area contributed by atoms with Crippen molar-refractivity contribution < 1.29 is 9.13 Å². The summed E-state index contributed by atoms with van der Waals surface area (Å²) < 4.78 is 4.58. The van der Waals surface area contributed by atoms with E-state index in [4.69, 9.17) is 4.98 Å². The van der Waals surface area contributed by atoms with Gasteiger partial charge in [0, 0.05) is 23.9 Å². The van der Waals surface area contributed by atoms with Crippen molar-refractivity contribution in [2.24, 2.45) is 0 Å². The molecule has 0 spiro atoms. The van der Waals surface area contributed by atoms with Gasteiger partial charge in [-0.3, -0.25) is 0 Å². The van der Waals surface area contributed by atoms with Gasteiger partial charge in [0.15, 0.2) is 17.4 Å². The molecule has 0 unspecified atom stereocenters. The SMILES string of the molecule is Cc1cc(C)c(-[n+]2cnc3ccccc3c2C)c(C)c1-[n+]1cc2ccccc2cc1C. The van der Waals surface area contributed by atoms with Gasteiger partial charge in [-0.2, -0.15) is 9.13 Å². The lowest BCUT2D eigenvalue weighted by Gasteiger charge is -2.15. The number of fused-ring (bicyclic) bond motifs is 2. The molecular weight excluding hydrogens is 378 g/mol. The average Bonchev–Trinajstić information content (AvgIpc) is 2.75. The van der Waals surface area contributed by atoms with E-state index in [9.17, 15) is 0 Å². The first-order chi connectivity index (χ1) is 15.0. The number of para-hydroxylation sites is 1. The van der Waals surface area contributed by atoms with Crippen LogP contribution in [-0.4, -0.2) is 4.98 Å². The highest BCUT2D eigenvalue weighted by Gasteiger charge is 2.26. The van der Waals surface area contributed by atoms with Crippen molar-refractivity contribution in [3.63, 3.8) is 0 Å². The Hall–Kier alpha value is -3.59. The quantitative estimate of drug-likeness (QED) is 0.356. The number of aromatic nitrogens is 3. The number of pyridine rings is 1. The lowest BCUT2D eigenvalue weighted by Crippen LogP contribution is -2.41. The molecule has 5 rings (SSSR count). The van der Waals surface area contributed by atoms with E-state index in [0.717, 1.165) is 5.52 Å². The molecule has 3 heteroatoms. The number of nitrogens with zero attached hydrogens (tertiary/aromatic N) is 3. The minimum absolute atomic E-state index is 1.03. The molecule has 0 N–H and O–H groups in total. The van der Waals surface area contributed by atoms with Gasteiger partial charge in [0.25, 0.3) is 6.33 Å². The third kappa shape index (κ3) is 3.09. The van der Waals surface area contributed by atoms with E-state index in [-0.39, 0.29) is 0 Å². The molecular formula is C28H27N3+2. The summed E-state index contributed by atoms with van der Waals surface area (Å²) in [5, 5.41) is 3.69. The average molecular weight is 406 g/mol. The predicted molar refractivity (Wildman–Crippen MR) is 126 cm³/mol. The van der Waals surface area contributed by atoms with Crippen LogP contribution in [0.4, 0.5) is 0 Å². The number of hydrogen-bond donors (Lipinski definition) is 0. The van der Waals surface area contributed by atoms with Crippen LogP contribution in [0.15, 0.2) is 73.2 Å². The maximum Gasteiger partial charge on any atom is 0.292 e. The highest BCUT2D eigenvalue weighted by Crippen LogP contribution is 2.25. The smallest absolute Gasteiger partial charge is 0.199 e. The van der Waals surface area contributed by atoms with Crippen molar-refractivity contribution in [3.05, 3.63) is 101 Å². The topological polar surface area (TPSA) is 20.6 Å². The van der Waals surface area contributed by atoms with Crippen molar-refractivity contribution in [1.82, 2.24) is 4.98 Å². The number of rotatable bonds is 2. The maximum absolute atomic E-state index is 4.74. The molecule has 0 saturated heterocycles. The second kappa shape index (κ2) is 7.28. The van der Waals surface area contributed by atoms with Crippen LogP contribution in [0.5, 0.6) is 0 Å². The molecule has 0 aliphatic rings. The third-order valence-electron chi connectivity index (χ3n) is 6.35. The van der Waals surface area contributed by atoms with Gasteiger partial charge in [0.1, 0.15) is 11.4 Å². The summed E-state index contributed by atoms with van der Waals surface area (Å²) in [7, 11) is 0. The van der Waals surface area contributed by atoms with E-state index in [1.54, 1.807) is 0 Å². The van der Waals surface area contributed by atoms with Crippen LogP contribution in [-0.2, 0) is 0 Å². The minimum atomic E-state index is 1.03. The highest BCUT2D eigenvalue weighted by atomic mass is 15.0. The predicted octanol–water partition coefficient (Wildman–Crippen LogP) is 5.48. The summed E-state index contributed by atoms with van der Waals surface area (Å²) in [4.78, 5) is 4.74. The largest absolute Gasteiger partial charge is 0.292 e. The van der Waals surface area contributed by atoms with Gasteiger partial charge in [-0.15, -0.1) is 0 Å². The van der Waals surface area contributed by atoms with Gasteiger partial charge in [-0.05, 0) is 67.9 Å². The fraction of sp³-hybridized carbons (Fsp3) is 0.179. The Balaban J connectivity index is 1.81. The first-order valence-electron chi connectivity index (χ1n) is 10.7. The molecule has 0 aliphatic heterocycles. The van der Waals surface area contributed by atoms with E-state index in [2.05, 4.69) is 105 Å². The van der Waals surface area contributed by atoms with Gasteiger partial charge in [-0.25, -0.2) is 0 Å². The zero-order valence-electron chi connectivity index (χ0n) is 18.8. The van der Waals surface area contributed by atoms with Crippen molar-refractivity contribution in [3.8, 4) is 11.4 Å². The van der Waals surface area contributed by atoms with Crippen molar-refractivity contribution in [2.75, 3.05) is 0 Å². The molecule has 0 saturated carbocycles. The Bertz CT molecular complexity index is 1450. The van der Waals surface area contributed by atoms with Crippen molar-refractivity contribution in [1.29, 1.82) is 0 Å². The molecule has 0 radical (unpaired) electrons. The van der Waals surface area contributed by atoms with Crippen LogP contribution in [0.25, 0.3) is 33.1 Å². The van der Waals surface area contributed by atoms with Crippen LogP contribution >= 0.6 is 0 Å². The second-order valence-electron chi connectivity index (χ2n) is 8.46. The van der Waals surface area contributed by atoms with Crippen LogP contribution in [0.1, 0.15) is 28.1 Å². The Morgan fingerprint density at radius 3 is 2.10 bits per heavy atom. The second-order valence-corrected chi connectivity index (χ2v) is 8.46. The van der Waals surface area contributed by atoms with E-state index in [0.29, 0.717) is 0 Å². The fourth-order valence-electron chi connectivity index (χ4n) is 4.90. The normalized spacial score (nSPS) is 11.4. The Kier molecular flexibility index (Phi) is 4.55. The van der Waals surface area contributed by atoms with Crippen LogP contribution in [0, 0.1) is 34.6 Å². The van der Waals surface area contributed by atoms with Gasteiger partial charge in [0.2, 0.25) is 5.69 Å². The summed E-state index contributed by atoms with van der Waals surface area (Å²) in [5.41, 5.74) is 9.67. The van der Waals surface area contributed by atoms with Gasteiger partial charge < -0.3 is 0 Å². The van der Waals surface area contributed by atoms with Crippen molar-refractivity contribution in [2.45, 2.75) is 34.6 Å². The number of benzene rings is 3. The molecule has 0 amide bonds. The Labute approximate surface area is 183 Å². The standard InChI is InChI=1S/C28H27N3/c1-18-14-19(2)28(31-17-29-26-13-9-8-12-25(26)22(31)5)21(4)27(18)30-16-24-11-7-6-10-23(24)15-20(30)3/h6-17H,1-5H3/q+2. The van der Waals surface area contributed by atoms with Crippen LogP contribution < -0.4 is 9.13 Å². The molecule has 152 valence electrons. The Morgan fingerprint density at radius 2 is 1.32 bits per heavy atom. The molecule has 2 aromatic heterocycles. The molecule has 2 heterocycles. The van der Waals surface area contributed by atoms with E-state index in [1.807, 2.05) is 12.4 Å². The van der Waals surface area contributed by atoms with Gasteiger partial charge in [0.05, 0.1) is 10.9 Å². The number of aryl methyl sites for hydroxylation is 4. The van der Waals surface area contributed by atoms with Gasteiger partial charge in [-0.1, -0.05) is 30.3 Å². The zero-order chi connectivity index (χ0) is 21.7. The molecule has 0 bridgehead atoms. The summed E-state index contributed by atoms with van der Waals surface area (Å²) in [6.45, 7) is 11.0. The summed E-state index contributed by atoms with van der Waals surface area (Å²) >= 11 is 0. The monoisotopic (exact) mass is 405 g/mol. The first kappa shape index (κ1) is 19.4. The summed E-state index contributed by atoms with van der Waals surface area (Å²) in [5.74, 6) is 0. The molecule has 0 fully saturated rings. The molecule has 3 nitrogen and oxygen atoms in total. The maximum atomic E-state index is 4.74. The third-order valence-corrected chi connectivity index (χ3v) is 6.35. The molecule has 0 aliphatic carbocycles. The summed E-state index contributed by atoms with van der Waals surface area (Å²) in [6, 6.07) is 21.4. The van der Waals surface area contributed by atoms with Gasteiger partial charge >= 0.3 is 0 Å². The van der Waals surface area contributed by atoms with E-state index < -0.39 is 0 Å². The van der Waals surface area contributed by atoms with Crippen LogP contribution in [0.2, 0.25) is 0 Å². The lowest BCUT2D eigenvalue weighted by molar-refractivity contribution is -0.612. The summed E-state index contributed by atoms with van der Waals surface area (Å²) in [6.07, 6.45) is 4.22. The molecule has 5 aromatic rings. The zero-order valence-corrected chi connectivity index (χ0v) is 18.8. The molecule has 31 heavy (non-hydrogen) atoms. The Morgan fingerprint density at radius 1 is 0.677 bits per heavy atom. The van der Waals surface area contributed by atoms with Crippen LogP contribution in [0.3, 0.4) is 0 Å². The highest BCUT2D eigenvalue weighted by molar-refractivity contribution is 5.81. The molecule has 3 aromatic carbocycles. The first-order valence-corrected chi connectivity index (χ1v) is 10.7.